The fourth-order valence-corrected chi connectivity index (χ4v) is 3.30. The van der Waals surface area contributed by atoms with E-state index in [9.17, 15) is 26.8 Å². The number of sulfonamides is 1. The van der Waals surface area contributed by atoms with Crippen LogP contribution in [0.4, 0.5) is 14.5 Å². The number of primary sulfonamides is 1. The van der Waals surface area contributed by atoms with Crippen molar-refractivity contribution in [1.82, 2.24) is 9.97 Å². The van der Waals surface area contributed by atoms with Crippen LogP contribution in [0.3, 0.4) is 0 Å². The zero-order chi connectivity index (χ0) is 20.2. The molecule has 4 N–H and O–H groups in total. The van der Waals surface area contributed by atoms with Crippen molar-refractivity contribution in [2.45, 2.75) is 35.6 Å². The molecule has 0 bridgehead atoms. The SMILES string of the molecule is Cc1nc(SC(F)F)[nH]c(=O)c1CCC(=O)Nc1cccc(S(N)(=O)=O)c1. The summed E-state index contributed by atoms with van der Waals surface area (Å²) in [5, 5.41) is 7.34. The highest BCUT2D eigenvalue weighted by atomic mass is 32.2. The molecule has 0 unspecified atom stereocenters. The maximum atomic E-state index is 12.4. The summed E-state index contributed by atoms with van der Waals surface area (Å²) in [6, 6.07) is 5.41. The molecule has 0 fully saturated rings. The summed E-state index contributed by atoms with van der Waals surface area (Å²) in [4.78, 5) is 30.0. The lowest BCUT2D eigenvalue weighted by molar-refractivity contribution is -0.116. The number of H-pyrrole nitrogens is 1. The van der Waals surface area contributed by atoms with Gasteiger partial charge in [-0.2, -0.15) is 8.78 Å². The molecular weight excluding hydrogens is 402 g/mol. The molecule has 0 atom stereocenters. The van der Waals surface area contributed by atoms with Crippen LogP contribution in [0.1, 0.15) is 17.7 Å². The number of halogens is 2. The average Bonchev–Trinajstić information content (AvgIpc) is 2.52. The number of alkyl halides is 2. The van der Waals surface area contributed by atoms with E-state index >= 15 is 0 Å². The number of nitrogens with one attached hydrogen (secondary N) is 2. The average molecular weight is 418 g/mol. The minimum absolute atomic E-state index is 0.0362. The Morgan fingerprint density at radius 2 is 2.11 bits per heavy atom. The number of aryl methyl sites for hydroxylation is 1. The molecule has 0 spiro atoms. The van der Waals surface area contributed by atoms with E-state index in [2.05, 4.69) is 15.3 Å². The molecule has 2 rings (SSSR count). The number of aromatic amines is 1. The maximum absolute atomic E-state index is 12.4. The molecule has 0 radical (unpaired) electrons. The van der Waals surface area contributed by atoms with Gasteiger partial charge in [0.1, 0.15) is 0 Å². The molecule has 2 aromatic rings. The first-order valence-corrected chi connectivity index (χ1v) is 9.96. The van der Waals surface area contributed by atoms with Crippen molar-refractivity contribution >= 4 is 33.4 Å². The number of hydrogen-bond donors (Lipinski definition) is 3. The highest BCUT2D eigenvalue weighted by Gasteiger charge is 2.14. The monoisotopic (exact) mass is 418 g/mol. The number of rotatable bonds is 7. The lowest BCUT2D eigenvalue weighted by Gasteiger charge is -2.08. The van der Waals surface area contributed by atoms with Crippen LogP contribution >= 0.6 is 11.8 Å². The first kappa shape index (κ1) is 21.0. The minimum atomic E-state index is -3.90. The summed E-state index contributed by atoms with van der Waals surface area (Å²) in [6.45, 7) is 1.49. The number of aromatic nitrogens is 2. The van der Waals surface area contributed by atoms with Crippen molar-refractivity contribution in [3.8, 4) is 0 Å². The summed E-state index contributed by atoms with van der Waals surface area (Å²) >= 11 is 0.126. The van der Waals surface area contributed by atoms with Crippen molar-refractivity contribution < 1.29 is 22.0 Å². The number of thioether (sulfide) groups is 1. The molecule has 1 aromatic carbocycles. The highest BCUT2D eigenvalue weighted by Crippen LogP contribution is 2.21. The van der Waals surface area contributed by atoms with Gasteiger partial charge < -0.3 is 10.3 Å². The van der Waals surface area contributed by atoms with E-state index in [1.54, 1.807) is 0 Å². The second-order valence-electron chi connectivity index (χ2n) is 5.43. The number of amides is 1. The molecule has 12 heteroatoms. The molecular formula is C15H16F2N4O4S2. The van der Waals surface area contributed by atoms with E-state index in [1.807, 2.05) is 0 Å². The number of carbonyl (C=O) groups is 1. The van der Waals surface area contributed by atoms with Gasteiger partial charge in [-0.05, 0) is 43.3 Å². The fraction of sp³-hybridized carbons (Fsp3) is 0.267. The van der Waals surface area contributed by atoms with E-state index in [1.165, 1.54) is 31.2 Å². The quantitative estimate of drug-likeness (QED) is 0.462. The van der Waals surface area contributed by atoms with Gasteiger partial charge in [0.05, 0.1) is 4.90 Å². The lowest BCUT2D eigenvalue weighted by atomic mass is 10.1. The number of anilines is 1. The van der Waals surface area contributed by atoms with Gasteiger partial charge in [0, 0.05) is 23.4 Å². The van der Waals surface area contributed by atoms with Crippen LogP contribution in [0.15, 0.2) is 39.1 Å². The first-order valence-electron chi connectivity index (χ1n) is 7.53. The van der Waals surface area contributed by atoms with Gasteiger partial charge in [-0.3, -0.25) is 9.59 Å². The smallest absolute Gasteiger partial charge is 0.291 e. The van der Waals surface area contributed by atoms with Gasteiger partial charge >= 0.3 is 0 Å². The predicted molar refractivity (Wildman–Crippen MR) is 96.2 cm³/mol. The molecule has 0 aliphatic heterocycles. The van der Waals surface area contributed by atoms with Crippen molar-refractivity contribution in [1.29, 1.82) is 0 Å². The largest absolute Gasteiger partial charge is 0.326 e. The Balaban J connectivity index is 2.05. The van der Waals surface area contributed by atoms with Gasteiger partial charge in [-0.15, -0.1) is 0 Å². The van der Waals surface area contributed by atoms with Crippen LogP contribution < -0.4 is 16.0 Å². The number of carbonyl (C=O) groups excluding carboxylic acids is 1. The standard InChI is InChI=1S/C15H16F2N4O4S2/c1-8-11(13(23)21-15(19-8)26-14(16)17)5-6-12(22)20-9-3-2-4-10(7-9)27(18,24)25/h2-4,7,14H,5-6H2,1H3,(H,20,22)(H2,18,24,25)(H,19,21,23). The van der Waals surface area contributed by atoms with Crippen LogP contribution in [0, 0.1) is 6.92 Å². The van der Waals surface area contributed by atoms with Crippen LogP contribution in [0.25, 0.3) is 0 Å². The van der Waals surface area contributed by atoms with Crippen LogP contribution in [-0.2, 0) is 21.2 Å². The van der Waals surface area contributed by atoms with Gasteiger partial charge in [0.2, 0.25) is 15.9 Å². The van der Waals surface area contributed by atoms with Crippen LogP contribution in [0.2, 0.25) is 0 Å². The van der Waals surface area contributed by atoms with Crippen LogP contribution in [0.5, 0.6) is 0 Å². The van der Waals surface area contributed by atoms with Gasteiger partial charge in [0.25, 0.3) is 11.3 Å². The summed E-state index contributed by atoms with van der Waals surface area (Å²) < 4.78 is 47.3. The summed E-state index contributed by atoms with van der Waals surface area (Å²) in [5.41, 5.74) is 0.113. The summed E-state index contributed by atoms with van der Waals surface area (Å²) in [7, 11) is -3.90. The molecule has 1 amide bonds. The van der Waals surface area contributed by atoms with E-state index in [0.29, 0.717) is 0 Å². The van der Waals surface area contributed by atoms with Crippen molar-refractivity contribution in [3.05, 3.63) is 45.9 Å². The molecule has 0 saturated carbocycles. The van der Waals surface area contributed by atoms with Crippen LogP contribution in [-0.4, -0.2) is 30.1 Å². The number of benzene rings is 1. The van der Waals surface area contributed by atoms with Crippen molar-refractivity contribution in [2.24, 2.45) is 5.14 Å². The Kier molecular flexibility index (Phi) is 6.68. The molecule has 0 saturated heterocycles. The molecule has 27 heavy (non-hydrogen) atoms. The number of nitrogens with two attached hydrogens (primary N) is 1. The maximum Gasteiger partial charge on any atom is 0.291 e. The minimum Gasteiger partial charge on any atom is -0.326 e. The Labute approximate surface area is 157 Å². The van der Waals surface area contributed by atoms with Gasteiger partial charge in [0.15, 0.2) is 5.16 Å². The number of hydrogen-bond acceptors (Lipinski definition) is 6. The van der Waals surface area contributed by atoms with E-state index in [-0.39, 0.29) is 51.6 Å². The Morgan fingerprint density at radius 3 is 2.70 bits per heavy atom. The molecule has 146 valence electrons. The Morgan fingerprint density at radius 1 is 1.41 bits per heavy atom. The summed E-state index contributed by atoms with van der Waals surface area (Å²) in [5.74, 6) is -3.18. The zero-order valence-electron chi connectivity index (χ0n) is 14.0. The third-order valence-electron chi connectivity index (χ3n) is 3.45. The predicted octanol–water partition coefficient (Wildman–Crippen LogP) is 1.61. The lowest BCUT2D eigenvalue weighted by Crippen LogP contribution is -2.20. The normalized spacial score (nSPS) is 11.6. The van der Waals surface area contributed by atoms with E-state index < -0.39 is 27.2 Å². The molecule has 1 heterocycles. The topological polar surface area (TPSA) is 135 Å². The molecule has 1 aromatic heterocycles. The van der Waals surface area contributed by atoms with Gasteiger partial charge in [-0.25, -0.2) is 18.5 Å². The third-order valence-corrected chi connectivity index (χ3v) is 4.96. The fourth-order valence-electron chi connectivity index (χ4n) is 2.23. The number of nitrogens with zero attached hydrogens (tertiary/aromatic N) is 1. The molecule has 0 aliphatic rings. The second kappa shape index (κ2) is 8.59. The van der Waals surface area contributed by atoms with E-state index in [0.717, 1.165) is 0 Å². The first-order chi connectivity index (χ1) is 12.6. The molecule has 8 nitrogen and oxygen atoms in total. The Hall–Kier alpha value is -2.31. The molecule has 0 aliphatic carbocycles. The third kappa shape index (κ3) is 6.12. The van der Waals surface area contributed by atoms with Gasteiger partial charge in [-0.1, -0.05) is 6.07 Å². The zero-order valence-corrected chi connectivity index (χ0v) is 15.7. The van der Waals surface area contributed by atoms with Crippen molar-refractivity contribution in [3.63, 3.8) is 0 Å². The summed E-state index contributed by atoms with van der Waals surface area (Å²) in [6.07, 6.45) is -0.0545. The Bertz CT molecular complexity index is 1010. The van der Waals surface area contributed by atoms with E-state index in [4.69, 9.17) is 5.14 Å². The second-order valence-corrected chi connectivity index (χ2v) is 7.97. The van der Waals surface area contributed by atoms with Crippen molar-refractivity contribution in [2.75, 3.05) is 5.32 Å². The highest BCUT2D eigenvalue weighted by molar-refractivity contribution is 7.99.